The van der Waals surface area contributed by atoms with Gasteiger partial charge in [-0.25, -0.2) is 9.37 Å². The van der Waals surface area contributed by atoms with E-state index in [2.05, 4.69) is 9.97 Å². The standard InChI is InChI=1S/C15H15ClFIN2O/c1-15(2,3)13-12(18)14(21)20-11(19-13)6-8-4-5-9(17)7-10(8)16/h4-5,7H,6H2,1-3H3,(H,19,20,21). The zero-order valence-electron chi connectivity index (χ0n) is 11.9. The van der Waals surface area contributed by atoms with Crippen molar-refractivity contribution in [1.82, 2.24) is 9.97 Å². The third-order valence-electron chi connectivity index (χ3n) is 3.00. The van der Waals surface area contributed by atoms with Gasteiger partial charge in [0.15, 0.2) is 0 Å². The van der Waals surface area contributed by atoms with Crippen molar-refractivity contribution in [3.63, 3.8) is 0 Å². The predicted octanol–water partition coefficient (Wildman–Crippen LogP) is 4.06. The first kappa shape index (κ1) is 16.4. The fourth-order valence-electron chi connectivity index (χ4n) is 1.93. The second kappa shape index (κ2) is 6.04. The lowest BCUT2D eigenvalue weighted by molar-refractivity contribution is 0.556. The first-order chi connectivity index (χ1) is 9.68. The molecule has 1 N–H and O–H groups in total. The number of aromatic amines is 1. The largest absolute Gasteiger partial charge is 0.309 e. The van der Waals surface area contributed by atoms with Crippen LogP contribution in [0.1, 0.15) is 37.9 Å². The second-order valence-corrected chi connectivity index (χ2v) is 7.32. The summed E-state index contributed by atoms with van der Waals surface area (Å²) in [4.78, 5) is 19.3. The third-order valence-corrected chi connectivity index (χ3v) is 4.35. The topological polar surface area (TPSA) is 45.8 Å². The number of nitrogens with zero attached hydrogens (tertiary/aromatic N) is 1. The van der Waals surface area contributed by atoms with Crippen molar-refractivity contribution in [2.24, 2.45) is 0 Å². The quantitative estimate of drug-likeness (QED) is 0.745. The van der Waals surface area contributed by atoms with Crippen LogP contribution in [0.15, 0.2) is 23.0 Å². The molecule has 0 saturated carbocycles. The normalized spacial score (nSPS) is 11.7. The minimum absolute atomic E-state index is 0.163. The van der Waals surface area contributed by atoms with Gasteiger partial charge >= 0.3 is 0 Å². The number of halogens is 3. The van der Waals surface area contributed by atoms with E-state index in [9.17, 15) is 9.18 Å². The highest BCUT2D eigenvalue weighted by Crippen LogP contribution is 2.24. The van der Waals surface area contributed by atoms with Crippen LogP contribution in [0.2, 0.25) is 5.02 Å². The summed E-state index contributed by atoms with van der Waals surface area (Å²) in [6.45, 7) is 6.02. The van der Waals surface area contributed by atoms with Crippen LogP contribution in [-0.2, 0) is 11.8 Å². The molecule has 2 aromatic rings. The van der Waals surface area contributed by atoms with Gasteiger partial charge in [-0.2, -0.15) is 0 Å². The van der Waals surface area contributed by atoms with Gasteiger partial charge in [0.2, 0.25) is 0 Å². The molecule has 112 valence electrons. The van der Waals surface area contributed by atoms with Crippen LogP contribution in [0.5, 0.6) is 0 Å². The Morgan fingerprint density at radius 3 is 2.62 bits per heavy atom. The molecule has 0 bridgehead atoms. The van der Waals surface area contributed by atoms with Crippen molar-refractivity contribution in [2.45, 2.75) is 32.6 Å². The minimum atomic E-state index is -0.386. The molecule has 0 aliphatic carbocycles. The van der Waals surface area contributed by atoms with Crippen LogP contribution in [0.25, 0.3) is 0 Å². The van der Waals surface area contributed by atoms with Gasteiger partial charge < -0.3 is 4.98 Å². The molecular weight excluding hydrogens is 406 g/mol. The molecule has 0 saturated heterocycles. The van der Waals surface area contributed by atoms with E-state index in [4.69, 9.17) is 11.6 Å². The molecule has 0 atom stereocenters. The number of hydrogen-bond donors (Lipinski definition) is 1. The number of nitrogens with one attached hydrogen (secondary N) is 1. The summed E-state index contributed by atoms with van der Waals surface area (Å²) in [5.74, 6) is 0.141. The lowest BCUT2D eigenvalue weighted by Gasteiger charge is -2.19. The summed E-state index contributed by atoms with van der Waals surface area (Å²) in [6.07, 6.45) is 0.356. The monoisotopic (exact) mass is 420 g/mol. The Labute approximate surface area is 141 Å². The summed E-state index contributed by atoms with van der Waals surface area (Å²) in [6, 6.07) is 4.20. The van der Waals surface area contributed by atoms with E-state index in [1.54, 1.807) is 6.07 Å². The lowest BCUT2D eigenvalue weighted by atomic mass is 9.92. The van der Waals surface area contributed by atoms with Gasteiger partial charge in [0, 0.05) is 16.9 Å². The molecule has 6 heteroatoms. The molecule has 1 heterocycles. The van der Waals surface area contributed by atoms with Crippen molar-refractivity contribution in [3.05, 3.63) is 60.0 Å². The van der Waals surface area contributed by atoms with Crippen LogP contribution in [0.3, 0.4) is 0 Å². The molecule has 0 fully saturated rings. The second-order valence-electron chi connectivity index (χ2n) is 5.84. The Kier molecular flexibility index (Phi) is 4.72. The van der Waals surface area contributed by atoms with E-state index in [0.29, 0.717) is 20.8 Å². The highest BCUT2D eigenvalue weighted by Gasteiger charge is 2.22. The predicted molar refractivity (Wildman–Crippen MR) is 90.5 cm³/mol. The molecule has 0 aliphatic rings. The molecule has 1 aromatic carbocycles. The van der Waals surface area contributed by atoms with E-state index >= 15 is 0 Å². The van der Waals surface area contributed by atoms with Gasteiger partial charge in [-0.15, -0.1) is 0 Å². The van der Waals surface area contributed by atoms with Crippen LogP contribution < -0.4 is 5.56 Å². The summed E-state index contributed by atoms with van der Waals surface area (Å²) < 4.78 is 13.7. The van der Waals surface area contributed by atoms with Crippen molar-refractivity contribution in [3.8, 4) is 0 Å². The fraction of sp³-hybridized carbons (Fsp3) is 0.333. The smallest absolute Gasteiger partial charge is 0.264 e. The molecule has 0 unspecified atom stereocenters. The van der Waals surface area contributed by atoms with Crippen LogP contribution in [0.4, 0.5) is 4.39 Å². The third kappa shape index (κ3) is 3.83. The Bertz CT molecular complexity index is 737. The lowest BCUT2D eigenvalue weighted by Crippen LogP contribution is -2.25. The Morgan fingerprint density at radius 1 is 1.38 bits per heavy atom. The summed E-state index contributed by atoms with van der Waals surface area (Å²) in [7, 11) is 0. The van der Waals surface area contributed by atoms with Gasteiger partial charge in [0.1, 0.15) is 15.2 Å². The SMILES string of the molecule is CC(C)(C)c1nc(Cc2ccc(F)cc2Cl)[nH]c(=O)c1I. The van der Waals surface area contributed by atoms with Gasteiger partial charge in [0.05, 0.1) is 5.69 Å². The van der Waals surface area contributed by atoms with Crippen molar-refractivity contribution in [1.29, 1.82) is 0 Å². The first-order valence-corrected chi connectivity index (χ1v) is 7.87. The van der Waals surface area contributed by atoms with E-state index in [1.165, 1.54) is 12.1 Å². The summed E-state index contributed by atoms with van der Waals surface area (Å²) in [5, 5.41) is 0.327. The average molecular weight is 421 g/mol. The van der Waals surface area contributed by atoms with E-state index in [0.717, 1.165) is 11.3 Å². The maximum absolute atomic E-state index is 13.1. The number of H-pyrrole nitrogens is 1. The maximum Gasteiger partial charge on any atom is 0.264 e. The molecule has 0 spiro atoms. The van der Waals surface area contributed by atoms with Crippen molar-refractivity contribution >= 4 is 34.2 Å². The molecule has 2 rings (SSSR count). The number of rotatable bonds is 2. The number of benzene rings is 1. The number of aromatic nitrogens is 2. The Morgan fingerprint density at radius 2 is 2.05 bits per heavy atom. The zero-order valence-corrected chi connectivity index (χ0v) is 14.8. The van der Waals surface area contributed by atoms with E-state index in [-0.39, 0.29) is 16.8 Å². The maximum atomic E-state index is 13.1. The van der Waals surface area contributed by atoms with Crippen LogP contribution >= 0.6 is 34.2 Å². The molecule has 21 heavy (non-hydrogen) atoms. The molecule has 0 aliphatic heterocycles. The Hall–Kier alpha value is -0.950. The molecule has 0 amide bonds. The summed E-state index contributed by atoms with van der Waals surface area (Å²) >= 11 is 8.03. The molecular formula is C15H15ClFIN2O. The zero-order chi connectivity index (χ0) is 15.8. The van der Waals surface area contributed by atoms with Crippen LogP contribution in [-0.4, -0.2) is 9.97 Å². The average Bonchev–Trinajstić information content (AvgIpc) is 2.35. The molecule has 0 radical (unpaired) electrons. The highest BCUT2D eigenvalue weighted by molar-refractivity contribution is 14.1. The van der Waals surface area contributed by atoms with Gasteiger partial charge in [-0.05, 0) is 40.3 Å². The van der Waals surface area contributed by atoms with Gasteiger partial charge in [-0.1, -0.05) is 38.4 Å². The van der Waals surface area contributed by atoms with Crippen molar-refractivity contribution in [2.75, 3.05) is 0 Å². The minimum Gasteiger partial charge on any atom is -0.309 e. The van der Waals surface area contributed by atoms with Crippen LogP contribution in [0, 0.1) is 9.39 Å². The van der Waals surface area contributed by atoms with Gasteiger partial charge in [0.25, 0.3) is 5.56 Å². The fourth-order valence-corrected chi connectivity index (χ4v) is 3.23. The summed E-state index contributed by atoms with van der Waals surface area (Å²) in [5.41, 5.74) is 1.08. The first-order valence-electron chi connectivity index (χ1n) is 6.41. The van der Waals surface area contributed by atoms with E-state index < -0.39 is 0 Å². The van der Waals surface area contributed by atoms with Crippen molar-refractivity contribution < 1.29 is 4.39 Å². The highest BCUT2D eigenvalue weighted by atomic mass is 127. The van der Waals surface area contributed by atoms with E-state index in [1.807, 2.05) is 43.4 Å². The molecule has 1 aromatic heterocycles. The molecule has 3 nitrogen and oxygen atoms in total. The number of hydrogen-bond acceptors (Lipinski definition) is 2. The Balaban J connectivity index is 2.46. The van der Waals surface area contributed by atoms with Gasteiger partial charge in [-0.3, -0.25) is 4.79 Å².